The first-order chi connectivity index (χ1) is 13.7. The van der Waals surface area contributed by atoms with Crippen LogP contribution in [0, 0.1) is 6.92 Å². The molecule has 2 aliphatic rings. The lowest BCUT2D eigenvalue weighted by Gasteiger charge is -2.27. The average molecular weight is 439 g/mol. The number of sulfone groups is 1. The summed E-state index contributed by atoms with van der Waals surface area (Å²) in [5, 5.41) is 5.17. The quantitative estimate of drug-likeness (QED) is 0.506. The molecule has 156 valence electrons. The molecule has 1 saturated heterocycles. The van der Waals surface area contributed by atoms with Gasteiger partial charge in [-0.3, -0.25) is 25.2 Å². The second-order valence-corrected chi connectivity index (χ2v) is 10.2. The zero-order chi connectivity index (χ0) is 21.0. The third kappa shape index (κ3) is 5.80. The van der Waals surface area contributed by atoms with Gasteiger partial charge in [0.2, 0.25) is 11.8 Å². The number of nitrogens with one attached hydrogen (secondary N) is 2. The van der Waals surface area contributed by atoms with Crippen LogP contribution in [0.1, 0.15) is 24.8 Å². The van der Waals surface area contributed by atoms with E-state index in [4.69, 9.17) is 0 Å². The number of carbonyl (C=O) groups excluding carboxylic acids is 3. The summed E-state index contributed by atoms with van der Waals surface area (Å²) in [4.78, 5) is 37.3. The Balaban J connectivity index is 1.51. The van der Waals surface area contributed by atoms with Crippen LogP contribution < -0.4 is 10.9 Å². The van der Waals surface area contributed by atoms with Gasteiger partial charge in [-0.25, -0.2) is 13.4 Å². The van der Waals surface area contributed by atoms with Crippen LogP contribution in [0.4, 0.5) is 0 Å². The molecule has 0 bridgehead atoms. The summed E-state index contributed by atoms with van der Waals surface area (Å²) in [6, 6.07) is 7.18. The number of benzene rings is 1. The summed E-state index contributed by atoms with van der Waals surface area (Å²) in [5.74, 6) is -1.31. The van der Waals surface area contributed by atoms with Crippen LogP contribution in [0.25, 0.3) is 0 Å². The lowest BCUT2D eigenvalue weighted by Crippen LogP contribution is -2.48. The normalized spacial score (nSPS) is 20.9. The van der Waals surface area contributed by atoms with E-state index >= 15 is 0 Å². The summed E-state index contributed by atoms with van der Waals surface area (Å²) in [5.41, 5.74) is 5.84. The van der Waals surface area contributed by atoms with Crippen molar-refractivity contribution >= 4 is 45.0 Å². The average Bonchev–Trinajstić information content (AvgIpc) is 3.05. The molecular weight excluding hydrogens is 416 g/mol. The van der Waals surface area contributed by atoms with Crippen molar-refractivity contribution in [1.82, 2.24) is 15.9 Å². The van der Waals surface area contributed by atoms with Gasteiger partial charge >= 0.3 is 0 Å². The Morgan fingerprint density at radius 1 is 1.21 bits per heavy atom. The molecule has 0 saturated carbocycles. The molecule has 0 aliphatic carbocycles. The van der Waals surface area contributed by atoms with Crippen molar-refractivity contribution in [1.29, 1.82) is 0 Å². The van der Waals surface area contributed by atoms with Crippen LogP contribution in [0.2, 0.25) is 0 Å². The van der Waals surface area contributed by atoms with Gasteiger partial charge in [0.05, 0.1) is 23.3 Å². The molecule has 0 aromatic heterocycles. The van der Waals surface area contributed by atoms with Crippen LogP contribution in [-0.2, 0) is 24.2 Å². The highest BCUT2D eigenvalue weighted by Gasteiger charge is 2.37. The summed E-state index contributed by atoms with van der Waals surface area (Å²) in [7, 11) is -3.18. The molecule has 1 unspecified atom stereocenters. The summed E-state index contributed by atoms with van der Waals surface area (Å²) in [6.07, 6.45) is 0.508. The van der Waals surface area contributed by atoms with E-state index in [9.17, 15) is 22.8 Å². The first-order valence-electron chi connectivity index (χ1n) is 9.12. The zero-order valence-electron chi connectivity index (χ0n) is 15.9. The van der Waals surface area contributed by atoms with Gasteiger partial charge in [-0.2, -0.15) is 5.10 Å². The Morgan fingerprint density at radius 3 is 2.59 bits per heavy atom. The fraction of sp³-hybridized carbons (Fsp3) is 0.444. The van der Waals surface area contributed by atoms with Crippen molar-refractivity contribution in [3.8, 4) is 0 Å². The minimum Gasteiger partial charge on any atom is -0.273 e. The molecule has 2 aliphatic heterocycles. The van der Waals surface area contributed by atoms with E-state index in [-0.39, 0.29) is 47.6 Å². The largest absolute Gasteiger partial charge is 0.285 e. The Kier molecular flexibility index (Phi) is 6.58. The molecule has 1 aromatic carbocycles. The van der Waals surface area contributed by atoms with Gasteiger partial charge < -0.3 is 0 Å². The van der Waals surface area contributed by atoms with Gasteiger partial charge in [0.25, 0.3) is 5.91 Å². The van der Waals surface area contributed by atoms with E-state index in [1.165, 1.54) is 11.8 Å². The van der Waals surface area contributed by atoms with Crippen molar-refractivity contribution in [3.63, 3.8) is 0 Å². The molecule has 1 aromatic rings. The van der Waals surface area contributed by atoms with E-state index in [2.05, 4.69) is 16.0 Å². The number of hydrazine groups is 1. The molecule has 11 heteroatoms. The maximum atomic E-state index is 12.3. The standard InChI is InChI=1S/C18H22N4O5S2/c1-12-2-4-14(5-3-12)28-10-16(23)19-20-18(25)15-6-7-17(24)22(21-15)13-8-9-29(26,27)11-13/h2-5,13H,6-11H2,1H3,(H,19,23)(H,20,25). The third-order valence-corrected chi connectivity index (χ3v) is 7.34. The number of thioether (sulfide) groups is 1. The highest BCUT2D eigenvalue weighted by molar-refractivity contribution is 8.00. The van der Waals surface area contributed by atoms with Crippen molar-refractivity contribution in [2.75, 3.05) is 17.3 Å². The van der Waals surface area contributed by atoms with Crippen molar-refractivity contribution < 1.29 is 22.8 Å². The number of hydrogen-bond donors (Lipinski definition) is 2. The molecule has 2 heterocycles. The minimum absolute atomic E-state index is 0.00715. The molecule has 0 spiro atoms. The lowest BCUT2D eigenvalue weighted by atomic mass is 10.1. The van der Waals surface area contributed by atoms with E-state index in [1.54, 1.807) is 0 Å². The Bertz CT molecular complexity index is 944. The van der Waals surface area contributed by atoms with E-state index in [0.717, 1.165) is 15.5 Å². The number of nitrogens with zero attached hydrogens (tertiary/aromatic N) is 2. The minimum atomic E-state index is -3.18. The van der Waals surface area contributed by atoms with Crippen molar-refractivity contribution in [3.05, 3.63) is 29.8 Å². The smallest absolute Gasteiger partial charge is 0.273 e. The molecule has 9 nitrogen and oxygen atoms in total. The summed E-state index contributed by atoms with van der Waals surface area (Å²) in [6.45, 7) is 1.98. The van der Waals surface area contributed by atoms with Crippen LogP contribution in [0.5, 0.6) is 0 Å². The van der Waals surface area contributed by atoms with E-state index in [1.807, 2.05) is 31.2 Å². The van der Waals surface area contributed by atoms with Gasteiger partial charge in [-0.15, -0.1) is 11.8 Å². The van der Waals surface area contributed by atoms with Gasteiger partial charge in [0, 0.05) is 17.7 Å². The SMILES string of the molecule is Cc1ccc(SCC(=O)NNC(=O)C2=NN(C3CCS(=O)(=O)C3)C(=O)CC2)cc1. The molecule has 3 rings (SSSR count). The first-order valence-corrected chi connectivity index (χ1v) is 11.9. The maximum absolute atomic E-state index is 12.3. The lowest BCUT2D eigenvalue weighted by molar-refractivity contribution is -0.134. The predicted octanol–water partition coefficient (Wildman–Crippen LogP) is 0.400. The number of rotatable bonds is 5. The second-order valence-electron chi connectivity index (χ2n) is 6.95. The fourth-order valence-corrected chi connectivity index (χ4v) is 5.40. The Labute approximate surface area is 173 Å². The summed E-state index contributed by atoms with van der Waals surface area (Å²) < 4.78 is 23.3. The molecular formula is C18H22N4O5S2. The van der Waals surface area contributed by atoms with Gasteiger partial charge in [-0.05, 0) is 25.5 Å². The molecule has 3 amide bonds. The third-order valence-electron chi connectivity index (χ3n) is 4.58. The highest BCUT2D eigenvalue weighted by atomic mass is 32.2. The van der Waals surface area contributed by atoms with Crippen LogP contribution in [0.15, 0.2) is 34.3 Å². The van der Waals surface area contributed by atoms with Crippen molar-refractivity contribution in [2.45, 2.75) is 37.1 Å². The number of hydrazone groups is 1. The fourth-order valence-electron chi connectivity index (χ4n) is 3.01. The van der Waals surface area contributed by atoms with Crippen molar-refractivity contribution in [2.24, 2.45) is 5.10 Å². The van der Waals surface area contributed by atoms with Gasteiger partial charge in [0.15, 0.2) is 9.84 Å². The maximum Gasteiger partial charge on any atom is 0.285 e. The Hall–Kier alpha value is -2.40. The Morgan fingerprint density at radius 2 is 1.93 bits per heavy atom. The van der Waals surface area contributed by atoms with Crippen LogP contribution in [-0.4, -0.2) is 60.2 Å². The zero-order valence-corrected chi connectivity index (χ0v) is 17.5. The molecule has 29 heavy (non-hydrogen) atoms. The molecule has 0 radical (unpaired) electrons. The predicted molar refractivity (Wildman–Crippen MR) is 109 cm³/mol. The number of hydrogen-bond acceptors (Lipinski definition) is 7. The first kappa shape index (κ1) is 21.3. The number of aryl methyl sites for hydroxylation is 1. The van der Waals surface area contributed by atoms with E-state index < -0.39 is 21.8 Å². The van der Waals surface area contributed by atoms with Gasteiger partial charge in [0.1, 0.15) is 5.71 Å². The van der Waals surface area contributed by atoms with Gasteiger partial charge in [-0.1, -0.05) is 17.7 Å². The van der Waals surface area contributed by atoms with Crippen LogP contribution >= 0.6 is 11.8 Å². The topological polar surface area (TPSA) is 125 Å². The van der Waals surface area contributed by atoms with Crippen LogP contribution in [0.3, 0.4) is 0 Å². The number of carbonyl (C=O) groups is 3. The molecule has 1 atom stereocenters. The molecule has 2 N–H and O–H groups in total. The van der Waals surface area contributed by atoms with E-state index in [0.29, 0.717) is 6.42 Å². The highest BCUT2D eigenvalue weighted by Crippen LogP contribution is 2.22. The monoisotopic (exact) mass is 438 g/mol. The molecule has 1 fully saturated rings. The summed E-state index contributed by atoms with van der Waals surface area (Å²) >= 11 is 1.34. The second kappa shape index (κ2) is 8.95. The number of amides is 3.